The Kier molecular flexibility index (Phi) is 3.66. The number of hydrogen-bond donors (Lipinski definition) is 1. The molecule has 128 valence electrons. The van der Waals surface area contributed by atoms with Crippen molar-refractivity contribution in [1.82, 2.24) is 0 Å². The van der Waals surface area contributed by atoms with Crippen LogP contribution in [-0.2, 0) is 16.0 Å². The van der Waals surface area contributed by atoms with Crippen molar-refractivity contribution >= 4 is 17.9 Å². The lowest BCUT2D eigenvalue weighted by Crippen LogP contribution is -2.42. The molecule has 4 heteroatoms. The molecule has 0 spiro atoms. The molecule has 0 aliphatic heterocycles. The van der Waals surface area contributed by atoms with E-state index < -0.39 is 0 Å². The van der Waals surface area contributed by atoms with Gasteiger partial charge in [0.05, 0.1) is 12.8 Å². The number of fused-ring (bicyclic) bond motifs is 5. The van der Waals surface area contributed by atoms with Gasteiger partial charge in [-0.2, -0.15) is 0 Å². The van der Waals surface area contributed by atoms with Crippen LogP contribution in [0.25, 0.3) is 0 Å². The molecule has 24 heavy (non-hydrogen) atoms. The minimum atomic E-state index is -0.0816. The normalized spacial score (nSPS) is 34.1. The Hall–Kier alpha value is -1.84. The molecule has 0 heterocycles. The summed E-state index contributed by atoms with van der Waals surface area (Å²) in [5, 5.41) is 2.75. The van der Waals surface area contributed by atoms with Gasteiger partial charge < -0.3 is 10.1 Å². The van der Waals surface area contributed by atoms with Crippen LogP contribution in [0.2, 0.25) is 0 Å². The standard InChI is InChI=1S/C20H25NO3/c1-20-8-7-13-14(16(20)5-6-19(20)23)4-3-12-9-17(21-11-22)18(24-2)10-15(12)13/h9-11,13-14,16H,3-8H2,1-2H3,(H,21,22)/t13-,14+,16-,20-/m0/s1. The molecule has 0 aromatic heterocycles. The predicted molar refractivity (Wildman–Crippen MR) is 92.3 cm³/mol. The first-order valence-corrected chi connectivity index (χ1v) is 9.02. The van der Waals surface area contributed by atoms with E-state index in [0.29, 0.717) is 29.9 Å². The topological polar surface area (TPSA) is 55.4 Å². The van der Waals surface area contributed by atoms with E-state index in [0.717, 1.165) is 50.0 Å². The van der Waals surface area contributed by atoms with Crippen LogP contribution in [0.4, 0.5) is 5.69 Å². The van der Waals surface area contributed by atoms with Gasteiger partial charge in [0.2, 0.25) is 6.41 Å². The Bertz CT molecular complexity index is 698. The van der Waals surface area contributed by atoms with E-state index >= 15 is 0 Å². The number of rotatable bonds is 3. The fraction of sp³-hybridized carbons (Fsp3) is 0.600. The summed E-state index contributed by atoms with van der Waals surface area (Å²) in [6.07, 6.45) is 6.79. The van der Waals surface area contributed by atoms with E-state index in [1.165, 1.54) is 11.1 Å². The van der Waals surface area contributed by atoms with Crippen LogP contribution >= 0.6 is 0 Å². The lowest BCUT2D eigenvalue weighted by atomic mass is 9.55. The minimum Gasteiger partial charge on any atom is -0.495 e. The molecule has 1 N–H and O–H groups in total. The van der Waals surface area contributed by atoms with Crippen LogP contribution in [-0.4, -0.2) is 19.3 Å². The number of Topliss-reactive ketones (excluding diaryl/α,β-unsaturated/α-hetero) is 1. The number of amides is 1. The maximum atomic E-state index is 12.4. The Morgan fingerprint density at radius 2 is 2.08 bits per heavy atom. The molecule has 3 aliphatic rings. The summed E-state index contributed by atoms with van der Waals surface area (Å²) in [5.74, 6) is 2.89. The summed E-state index contributed by atoms with van der Waals surface area (Å²) in [5.41, 5.74) is 3.37. The Balaban J connectivity index is 1.72. The molecule has 0 saturated heterocycles. The maximum Gasteiger partial charge on any atom is 0.211 e. The third-order valence-electron chi connectivity index (χ3n) is 6.97. The first kappa shape index (κ1) is 15.7. The van der Waals surface area contributed by atoms with Gasteiger partial charge in [0, 0.05) is 11.8 Å². The van der Waals surface area contributed by atoms with Crippen molar-refractivity contribution in [3.8, 4) is 5.75 Å². The van der Waals surface area contributed by atoms with Crippen LogP contribution in [0.15, 0.2) is 12.1 Å². The van der Waals surface area contributed by atoms with Gasteiger partial charge in [-0.25, -0.2) is 0 Å². The van der Waals surface area contributed by atoms with E-state index in [4.69, 9.17) is 4.74 Å². The molecule has 3 aliphatic carbocycles. The lowest BCUT2D eigenvalue weighted by molar-refractivity contribution is -0.129. The smallest absolute Gasteiger partial charge is 0.211 e. The molecular weight excluding hydrogens is 302 g/mol. The molecule has 4 rings (SSSR count). The van der Waals surface area contributed by atoms with Gasteiger partial charge in [0.1, 0.15) is 11.5 Å². The summed E-state index contributed by atoms with van der Waals surface area (Å²) in [6.45, 7) is 2.20. The highest BCUT2D eigenvalue weighted by molar-refractivity contribution is 5.87. The molecule has 2 fully saturated rings. The third-order valence-corrected chi connectivity index (χ3v) is 6.97. The summed E-state index contributed by atoms with van der Waals surface area (Å²) in [7, 11) is 1.64. The van der Waals surface area contributed by atoms with Gasteiger partial charge in [0.25, 0.3) is 0 Å². The van der Waals surface area contributed by atoms with Crippen molar-refractivity contribution in [2.75, 3.05) is 12.4 Å². The van der Waals surface area contributed by atoms with Crippen LogP contribution < -0.4 is 10.1 Å². The van der Waals surface area contributed by atoms with Crippen molar-refractivity contribution in [3.63, 3.8) is 0 Å². The van der Waals surface area contributed by atoms with Crippen molar-refractivity contribution < 1.29 is 14.3 Å². The number of benzene rings is 1. The molecule has 1 aromatic carbocycles. The number of aryl methyl sites for hydroxylation is 1. The molecule has 0 unspecified atom stereocenters. The van der Waals surface area contributed by atoms with Crippen LogP contribution in [0.3, 0.4) is 0 Å². The van der Waals surface area contributed by atoms with E-state index in [2.05, 4.69) is 24.4 Å². The third kappa shape index (κ3) is 2.11. The molecule has 0 radical (unpaired) electrons. The predicted octanol–water partition coefficient (Wildman–Crippen LogP) is 3.69. The quantitative estimate of drug-likeness (QED) is 0.862. The first-order valence-electron chi connectivity index (χ1n) is 9.02. The van der Waals surface area contributed by atoms with Gasteiger partial charge in [-0.1, -0.05) is 6.92 Å². The number of ketones is 1. The molecule has 4 atom stereocenters. The average molecular weight is 327 g/mol. The number of anilines is 1. The average Bonchev–Trinajstić information content (AvgIpc) is 2.89. The number of ether oxygens (including phenoxy) is 1. The second kappa shape index (κ2) is 5.61. The highest BCUT2D eigenvalue weighted by Gasteiger charge is 2.54. The van der Waals surface area contributed by atoms with E-state index in [9.17, 15) is 9.59 Å². The van der Waals surface area contributed by atoms with Crippen molar-refractivity contribution in [3.05, 3.63) is 23.3 Å². The Labute approximate surface area is 143 Å². The second-order valence-electron chi connectivity index (χ2n) is 7.85. The SMILES string of the molecule is COc1cc2c(cc1NC=O)CC[C@@H]1[C@@H]2CC[C@]2(C)C(=O)CC[C@@H]12. The minimum absolute atomic E-state index is 0.0816. The number of hydrogen-bond acceptors (Lipinski definition) is 3. The summed E-state index contributed by atoms with van der Waals surface area (Å²) >= 11 is 0. The largest absolute Gasteiger partial charge is 0.495 e. The van der Waals surface area contributed by atoms with Crippen LogP contribution in [0.1, 0.15) is 56.1 Å². The maximum absolute atomic E-state index is 12.4. The molecule has 2 saturated carbocycles. The highest BCUT2D eigenvalue weighted by atomic mass is 16.5. The van der Waals surface area contributed by atoms with Gasteiger partial charge >= 0.3 is 0 Å². The fourth-order valence-electron chi connectivity index (χ4n) is 5.72. The molecule has 0 bridgehead atoms. The van der Waals surface area contributed by atoms with Gasteiger partial charge in [-0.15, -0.1) is 0 Å². The number of nitrogens with one attached hydrogen (secondary N) is 1. The summed E-state index contributed by atoms with van der Waals surface area (Å²) < 4.78 is 5.49. The zero-order valence-corrected chi connectivity index (χ0v) is 14.4. The van der Waals surface area contributed by atoms with E-state index in [1.54, 1.807) is 7.11 Å². The van der Waals surface area contributed by atoms with E-state index in [-0.39, 0.29) is 5.41 Å². The number of carbonyl (C=O) groups excluding carboxylic acids is 2. The lowest BCUT2D eigenvalue weighted by Gasteiger charge is -2.48. The van der Waals surface area contributed by atoms with Crippen molar-refractivity contribution in [1.29, 1.82) is 0 Å². The first-order chi connectivity index (χ1) is 11.6. The molecule has 4 nitrogen and oxygen atoms in total. The van der Waals surface area contributed by atoms with Gasteiger partial charge in [-0.05, 0) is 73.1 Å². The Morgan fingerprint density at radius 1 is 1.25 bits per heavy atom. The fourth-order valence-corrected chi connectivity index (χ4v) is 5.72. The zero-order valence-electron chi connectivity index (χ0n) is 14.4. The van der Waals surface area contributed by atoms with E-state index in [1.807, 2.05) is 0 Å². The summed E-state index contributed by atoms with van der Waals surface area (Å²) in [6, 6.07) is 4.20. The molecular formula is C20H25NO3. The van der Waals surface area contributed by atoms with Crippen LogP contribution in [0, 0.1) is 17.3 Å². The highest BCUT2D eigenvalue weighted by Crippen LogP contribution is 2.59. The van der Waals surface area contributed by atoms with Gasteiger partial charge in [0.15, 0.2) is 0 Å². The molecule has 1 aromatic rings. The summed E-state index contributed by atoms with van der Waals surface area (Å²) in [4.78, 5) is 23.2. The number of carbonyl (C=O) groups is 2. The zero-order chi connectivity index (χ0) is 16.9. The van der Waals surface area contributed by atoms with Gasteiger partial charge in [-0.3, -0.25) is 9.59 Å². The monoisotopic (exact) mass is 327 g/mol. The number of methoxy groups -OCH3 is 1. The van der Waals surface area contributed by atoms with Crippen molar-refractivity contribution in [2.24, 2.45) is 17.3 Å². The van der Waals surface area contributed by atoms with Crippen molar-refractivity contribution in [2.45, 2.75) is 51.4 Å². The van der Waals surface area contributed by atoms with Crippen LogP contribution in [0.5, 0.6) is 5.75 Å². The Morgan fingerprint density at radius 3 is 2.83 bits per heavy atom. The second-order valence-corrected chi connectivity index (χ2v) is 7.85. The molecule has 1 amide bonds.